The van der Waals surface area contributed by atoms with Crippen LogP contribution in [0.25, 0.3) is 0 Å². The molecule has 26 heavy (non-hydrogen) atoms. The van der Waals surface area contributed by atoms with E-state index in [1.54, 1.807) is 0 Å². The number of benzene rings is 2. The monoisotopic (exact) mass is 363 g/mol. The molecule has 3 rings (SSSR count). The third kappa shape index (κ3) is 3.87. The van der Waals surface area contributed by atoms with Crippen LogP contribution in [0.4, 0.5) is 13.2 Å². The smallest absolute Gasteiger partial charge is 0.312 e. The molecule has 0 bridgehead atoms. The lowest BCUT2D eigenvalue weighted by Gasteiger charge is -2.14. The highest BCUT2D eigenvalue weighted by molar-refractivity contribution is 5.84. The van der Waals surface area contributed by atoms with Gasteiger partial charge in [-0.2, -0.15) is 0 Å². The third-order valence-corrected chi connectivity index (χ3v) is 4.55. The topological polar surface area (TPSA) is 66.4 Å². The van der Waals surface area contributed by atoms with E-state index in [-0.39, 0.29) is 18.4 Å². The van der Waals surface area contributed by atoms with Crippen molar-refractivity contribution >= 4 is 11.9 Å². The SMILES string of the molecule is O=C(O)C(CNC(=O)C1CC1c1ccc(F)c(F)c1)c1ccc(F)cc1. The molecule has 2 aromatic carbocycles. The lowest BCUT2D eigenvalue weighted by Crippen LogP contribution is -2.33. The van der Waals surface area contributed by atoms with Crippen molar-refractivity contribution < 1.29 is 27.9 Å². The minimum absolute atomic E-state index is 0.138. The van der Waals surface area contributed by atoms with Gasteiger partial charge in [0.2, 0.25) is 5.91 Å². The van der Waals surface area contributed by atoms with Crippen molar-refractivity contribution in [1.29, 1.82) is 0 Å². The molecule has 0 radical (unpaired) electrons. The van der Waals surface area contributed by atoms with Gasteiger partial charge in [-0.05, 0) is 47.7 Å². The molecule has 1 amide bonds. The maximum absolute atomic E-state index is 13.3. The number of aliphatic carboxylic acids is 1. The van der Waals surface area contributed by atoms with Gasteiger partial charge in [-0.3, -0.25) is 9.59 Å². The molecule has 2 aromatic rings. The van der Waals surface area contributed by atoms with Gasteiger partial charge in [0, 0.05) is 12.5 Å². The first-order chi connectivity index (χ1) is 12.4. The lowest BCUT2D eigenvalue weighted by atomic mass is 9.99. The Morgan fingerprint density at radius 1 is 1.08 bits per heavy atom. The standard InChI is InChI=1S/C19H16F3NO3/c20-12-4-1-10(2-5-12)15(19(25)26)9-23-18(24)14-8-13(14)11-3-6-16(21)17(22)7-11/h1-7,13-15H,8-9H2,(H,23,24)(H,25,26). The third-order valence-electron chi connectivity index (χ3n) is 4.55. The van der Waals surface area contributed by atoms with E-state index in [1.165, 1.54) is 18.2 Å². The van der Waals surface area contributed by atoms with Crippen LogP contribution >= 0.6 is 0 Å². The van der Waals surface area contributed by atoms with Crippen molar-refractivity contribution in [3.05, 3.63) is 71.0 Å². The Kier molecular flexibility index (Phi) is 4.97. The molecular weight excluding hydrogens is 347 g/mol. The molecular formula is C19H16F3NO3. The van der Waals surface area contributed by atoms with Crippen molar-refractivity contribution in [1.82, 2.24) is 5.32 Å². The number of carboxylic acids is 1. The van der Waals surface area contributed by atoms with Gasteiger partial charge in [0.25, 0.3) is 0 Å². The highest BCUT2D eigenvalue weighted by atomic mass is 19.2. The number of rotatable bonds is 6. The Labute approximate surface area is 147 Å². The van der Waals surface area contributed by atoms with Crippen LogP contribution in [-0.4, -0.2) is 23.5 Å². The van der Waals surface area contributed by atoms with Crippen LogP contribution in [0.1, 0.15) is 29.4 Å². The molecule has 2 N–H and O–H groups in total. The zero-order valence-electron chi connectivity index (χ0n) is 13.6. The Morgan fingerprint density at radius 3 is 2.38 bits per heavy atom. The summed E-state index contributed by atoms with van der Waals surface area (Å²) in [4.78, 5) is 23.6. The fourth-order valence-electron chi connectivity index (χ4n) is 2.97. The molecule has 1 fully saturated rings. The summed E-state index contributed by atoms with van der Waals surface area (Å²) in [7, 11) is 0. The fraction of sp³-hybridized carbons (Fsp3) is 0.263. The summed E-state index contributed by atoms with van der Waals surface area (Å²) in [5, 5.41) is 11.9. The number of hydrogen-bond donors (Lipinski definition) is 2. The second-order valence-corrected chi connectivity index (χ2v) is 6.31. The van der Waals surface area contributed by atoms with Crippen LogP contribution in [0.2, 0.25) is 0 Å². The first-order valence-corrected chi connectivity index (χ1v) is 8.07. The number of carboxylic acid groups (broad SMARTS) is 1. The van der Waals surface area contributed by atoms with E-state index in [1.807, 2.05) is 0 Å². The second-order valence-electron chi connectivity index (χ2n) is 6.31. The van der Waals surface area contributed by atoms with E-state index >= 15 is 0 Å². The Hall–Kier alpha value is -2.83. The van der Waals surface area contributed by atoms with E-state index in [0.717, 1.165) is 24.3 Å². The highest BCUT2D eigenvalue weighted by Gasteiger charge is 2.44. The van der Waals surface area contributed by atoms with Crippen LogP contribution in [0.3, 0.4) is 0 Å². The zero-order chi connectivity index (χ0) is 18.8. The molecule has 0 saturated heterocycles. The van der Waals surface area contributed by atoms with Crippen LogP contribution in [0.5, 0.6) is 0 Å². The first kappa shape index (κ1) is 18.0. The Bertz CT molecular complexity index is 838. The molecule has 0 aliphatic heterocycles. The molecule has 3 atom stereocenters. The summed E-state index contributed by atoms with van der Waals surface area (Å²) in [6.07, 6.45) is 0.491. The van der Waals surface area contributed by atoms with Crippen molar-refractivity contribution in [3.63, 3.8) is 0 Å². The van der Waals surface area contributed by atoms with E-state index in [4.69, 9.17) is 0 Å². The molecule has 1 saturated carbocycles. The van der Waals surface area contributed by atoms with E-state index in [2.05, 4.69) is 5.32 Å². The Morgan fingerprint density at radius 2 is 1.77 bits per heavy atom. The van der Waals surface area contributed by atoms with Gasteiger partial charge in [-0.15, -0.1) is 0 Å². The van der Waals surface area contributed by atoms with Crippen LogP contribution in [0.15, 0.2) is 42.5 Å². The Balaban J connectivity index is 1.60. The molecule has 1 aliphatic carbocycles. The maximum Gasteiger partial charge on any atom is 0.312 e. The predicted octanol–water partition coefficient (Wildman–Crippen LogP) is 3.19. The average molecular weight is 363 g/mol. The summed E-state index contributed by atoms with van der Waals surface area (Å²) in [5.74, 6) is -5.47. The predicted molar refractivity (Wildman–Crippen MR) is 87.0 cm³/mol. The largest absolute Gasteiger partial charge is 0.481 e. The molecule has 3 unspecified atom stereocenters. The summed E-state index contributed by atoms with van der Waals surface area (Å²) in [5.41, 5.74) is 0.921. The van der Waals surface area contributed by atoms with E-state index in [0.29, 0.717) is 17.5 Å². The van der Waals surface area contributed by atoms with Crippen LogP contribution < -0.4 is 5.32 Å². The number of nitrogens with one attached hydrogen (secondary N) is 1. The quantitative estimate of drug-likeness (QED) is 0.828. The van der Waals surface area contributed by atoms with Gasteiger partial charge < -0.3 is 10.4 Å². The van der Waals surface area contributed by atoms with Gasteiger partial charge >= 0.3 is 5.97 Å². The number of hydrogen-bond acceptors (Lipinski definition) is 2. The van der Waals surface area contributed by atoms with Gasteiger partial charge in [-0.1, -0.05) is 18.2 Å². The number of carbonyl (C=O) groups is 2. The average Bonchev–Trinajstić information content (AvgIpc) is 3.39. The normalized spacial score (nSPS) is 19.7. The van der Waals surface area contributed by atoms with Crippen molar-refractivity contribution in [2.75, 3.05) is 6.54 Å². The minimum Gasteiger partial charge on any atom is -0.481 e. The first-order valence-electron chi connectivity index (χ1n) is 8.07. The summed E-state index contributed by atoms with van der Waals surface area (Å²) >= 11 is 0. The fourth-order valence-corrected chi connectivity index (χ4v) is 2.97. The van der Waals surface area contributed by atoms with Gasteiger partial charge in [0.15, 0.2) is 11.6 Å². The van der Waals surface area contributed by atoms with Crippen molar-refractivity contribution in [3.8, 4) is 0 Å². The summed E-state index contributed by atoms with van der Waals surface area (Å²) in [6, 6.07) is 8.58. The zero-order valence-corrected chi connectivity index (χ0v) is 13.6. The number of halogens is 3. The van der Waals surface area contributed by atoms with Gasteiger partial charge in [-0.25, -0.2) is 13.2 Å². The molecule has 0 aromatic heterocycles. The van der Waals surface area contributed by atoms with Crippen molar-refractivity contribution in [2.45, 2.75) is 18.3 Å². The second kappa shape index (κ2) is 7.19. The van der Waals surface area contributed by atoms with Crippen LogP contribution in [-0.2, 0) is 9.59 Å². The lowest BCUT2D eigenvalue weighted by molar-refractivity contribution is -0.138. The molecule has 136 valence electrons. The molecule has 0 heterocycles. The number of carbonyl (C=O) groups excluding carboxylic acids is 1. The highest BCUT2D eigenvalue weighted by Crippen LogP contribution is 2.47. The molecule has 7 heteroatoms. The summed E-state index contributed by atoms with van der Waals surface area (Å²) in [6.45, 7) is -0.138. The summed E-state index contributed by atoms with van der Waals surface area (Å²) < 4.78 is 39.2. The minimum atomic E-state index is -1.13. The molecule has 0 spiro atoms. The molecule has 1 aliphatic rings. The maximum atomic E-state index is 13.3. The van der Waals surface area contributed by atoms with Gasteiger partial charge in [0.05, 0.1) is 5.92 Å². The number of amides is 1. The van der Waals surface area contributed by atoms with Crippen LogP contribution in [0, 0.1) is 23.4 Å². The molecule has 4 nitrogen and oxygen atoms in total. The van der Waals surface area contributed by atoms with Gasteiger partial charge in [0.1, 0.15) is 5.82 Å². The van der Waals surface area contributed by atoms with E-state index < -0.39 is 35.3 Å². The van der Waals surface area contributed by atoms with E-state index in [9.17, 15) is 27.9 Å². The van der Waals surface area contributed by atoms with Crippen molar-refractivity contribution in [2.24, 2.45) is 5.92 Å².